The minimum atomic E-state index is -0.350. The van der Waals surface area contributed by atoms with Gasteiger partial charge in [0, 0.05) is 50.7 Å². The first-order valence-corrected chi connectivity index (χ1v) is 10.00. The van der Waals surface area contributed by atoms with Gasteiger partial charge in [-0.2, -0.15) is 0 Å². The molecule has 6 heteroatoms. The van der Waals surface area contributed by atoms with Crippen LogP contribution < -0.4 is 10.9 Å². The Labute approximate surface area is 169 Å². The predicted molar refractivity (Wildman–Crippen MR) is 114 cm³/mol. The van der Waals surface area contributed by atoms with Crippen LogP contribution >= 0.6 is 0 Å². The van der Waals surface area contributed by atoms with Crippen LogP contribution in [0.4, 0.5) is 5.69 Å². The van der Waals surface area contributed by atoms with Gasteiger partial charge in [0.2, 0.25) is 5.91 Å². The van der Waals surface area contributed by atoms with Crippen molar-refractivity contribution in [2.75, 3.05) is 44.6 Å². The van der Waals surface area contributed by atoms with Gasteiger partial charge in [0.05, 0.1) is 12.1 Å². The van der Waals surface area contributed by atoms with Gasteiger partial charge in [-0.15, -0.1) is 0 Å². The van der Waals surface area contributed by atoms with Gasteiger partial charge in [0.25, 0.3) is 0 Å². The maximum absolute atomic E-state index is 12.5. The normalized spacial score (nSPS) is 14.8. The number of rotatable bonds is 6. The molecule has 1 aliphatic rings. The number of nitrogens with zero attached hydrogens (tertiary/aromatic N) is 2. The van der Waals surface area contributed by atoms with Crippen molar-refractivity contribution in [2.24, 2.45) is 0 Å². The van der Waals surface area contributed by atoms with Crippen molar-refractivity contribution in [3.63, 3.8) is 0 Å². The van der Waals surface area contributed by atoms with Crippen LogP contribution in [0.5, 0.6) is 0 Å². The molecular weight excluding hydrogens is 366 g/mol. The summed E-state index contributed by atoms with van der Waals surface area (Å²) < 4.78 is 5.23. The lowest BCUT2D eigenvalue weighted by Crippen LogP contribution is -2.50. The monoisotopic (exact) mass is 391 g/mol. The Balaban J connectivity index is 1.26. The second-order valence-electron chi connectivity index (χ2n) is 7.29. The van der Waals surface area contributed by atoms with E-state index in [1.54, 1.807) is 6.07 Å². The Kier molecular flexibility index (Phi) is 5.91. The van der Waals surface area contributed by atoms with E-state index in [0.29, 0.717) is 12.0 Å². The zero-order valence-corrected chi connectivity index (χ0v) is 16.3. The first-order chi connectivity index (χ1) is 14.2. The van der Waals surface area contributed by atoms with Crippen molar-refractivity contribution in [1.82, 2.24) is 9.80 Å². The topological polar surface area (TPSA) is 65.8 Å². The van der Waals surface area contributed by atoms with E-state index in [2.05, 4.69) is 10.2 Å². The molecule has 1 saturated heterocycles. The van der Waals surface area contributed by atoms with Gasteiger partial charge in [-0.25, -0.2) is 4.79 Å². The number of anilines is 1. The molecule has 0 unspecified atom stereocenters. The number of para-hydroxylation sites is 1. The highest BCUT2D eigenvalue weighted by Crippen LogP contribution is 2.20. The fourth-order valence-electron chi connectivity index (χ4n) is 3.71. The molecule has 1 amide bonds. The van der Waals surface area contributed by atoms with E-state index in [-0.39, 0.29) is 11.5 Å². The summed E-state index contributed by atoms with van der Waals surface area (Å²) in [5, 5.41) is 4.27. The molecule has 2 aromatic carbocycles. The molecule has 0 saturated carbocycles. The molecule has 0 aliphatic carbocycles. The van der Waals surface area contributed by atoms with Gasteiger partial charge >= 0.3 is 5.63 Å². The van der Waals surface area contributed by atoms with Crippen LogP contribution in [-0.2, 0) is 11.2 Å². The summed E-state index contributed by atoms with van der Waals surface area (Å²) in [5.41, 5.74) is 2.10. The molecule has 0 atom stereocenters. The Morgan fingerprint density at radius 2 is 1.69 bits per heavy atom. The van der Waals surface area contributed by atoms with Crippen LogP contribution in [0.2, 0.25) is 0 Å². The SMILES string of the molecule is O=C(Cc1ccccc1)N1CCN(CCNc2cc(=O)oc3ccccc23)CC1. The van der Waals surface area contributed by atoms with Crippen LogP contribution in [0.25, 0.3) is 11.0 Å². The number of piperazine rings is 1. The fourth-order valence-corrected chi connectivity index (χ4v) is 3.71. The smallest absolute Gasteiger partial charge is 0.338 e. The van der Waals surface area contributed by atoms with Gasteiger partial charge in [0.15, 0.2) is 0 Å². The van der Waals surface area contributed by atoms with Gasteiger partial charge in [-0.3, -0.25) is 9.69 Å². The Bertz CT molecular complexity index is 1020. The van der Waals surface area contributed by atoms with Crippen LogP contribution in [0.1, 0.15) is 5.56 Å². The first kappa shape index (κ1) is 19.2. The number of carbonyl (C=O) groups excluding carboxylic acids is 1. The number of hydrogen-bond donors (Lipinski definition) is 1. The lowest BCUT2D eigenvalue weighted by molar-refractivity contribution is -0.132. The summed E-state index contributed by atoms with van der Waals surface area (Å²) in [4.78, 5) is 28.5. The third kappa shape index (κ3) is 4.84. The van der Waals surface area contributed by atoms with Gasteiger partial charge in [0.1, 0.15) is 5.58 Å². The van der Waals surface area contributed by atoms with E-state index < -0.39 is 0 Å². The van der Waals surface area contributed by atoms with Crippen molar-refractivity contribution < 1.29 is 9.21 Å². The van der Waals surface area contributed by atoms with Crippen LogP contribution in [0, 0.1) is 0 Å². The molecule has 3 aromatic rings. The lowest BCUT2D eigenvalue weighted by atomic mass is 10.1. The molecule has 0 radical (unpaired) electrons. The Morgan fingerprint density at radius 3 is 2.48 bits per heavy atom. The summed E-state index contributed by atoms with van der Waals surface area (Å²) in [6, 6.07) is 18.9. The highest BCUT2D eigenvalue weighted by atomic mass is 16.4. The minimum Gasteiger partial charge on any atom is -0.423 e. The van der Waals surface area contributed by atoms with E-state index in [9.17, 15) is 9.59 Å². The largest absolute Gasteiger partial charge is 0.423 e. The molecule has 2 heterocycles. The molecular formula is C23H25N3O3. The number of amides is 1. The number of carbonyl (C=O) groups is 1. The fraction of sp³-hybridized carbons (Fsp3) is 0.304. The predicted octanol–water partition coefficient (Wildman–Crippen LogP) is 2.59. The maximum Gasteiger partial charge on any atom is 0.338 e. The van der Waals surface area contributed by atoms with E-state index in [1.807, 2.05) is 53.4 Å². The molecule has 1 aliphatic heterocycles. The summed E-state index contributed by atoms with van der Waals surface area (Å²) in [6.07, 6.45) is 0.464. The lowest BCUT2D eigenvalue weighted by Gasteiger charge is -2.35. The minimum absolute atomic E-state index is 0.191. The zero-order valence-electron chi connectivity index (χ0n) is 16.3. The van der Waals surface area contributed by atoms with Gasteiger partial charge in [-0.1, -0.05) is 42.5 Å². The van der Waals surface area contributed by atoms with Gasteiger partial charge in [-0.05, 0) is 17.7 Å². The zero-order chi connectivity index (χ0) is 20.1. The molecule has 29 heavy (non-hydrogen) atoms. The van der Waals surface area contributed by atoms with E-state index in [1.165, 1.54) is 6.07 Å². The van der Waals surface area contributed by atoms with Crippen LogP contribution in [-0.4, -0.2) is 55.0 Å². The average Bonchev–Trinajstić information content (AvgIpc) is 2.75. The summed E-state index contributed by atoms with van der Waals surface area (Å²) in [5.74, 6) is 0.191. The molecule has 4 rings (SSSR count). The number of benzene rings is 2. The van der Waals surface area contributed by atoms with Crippen molar-refractivity contribution in [3.8, 4) is 0 Å². The van der Waals surface area contributed by atoms with Crippen LogP contribution in [0.3, 0.4) is 0 Å². The Morgan fingerprint density at radius 1 is 0.966 bits per heavy atom. The second-order valence-corrected chi connectivity index (χ2v) is 7.29. The van der Waals surface area contributed by atoms with Crippen molar-refractivity contribution in [3.05, 3.63) is 76.6 Å². The second kappa shape index (κ2) is 8.92. The summed E-state index contributed by atoms with van der Waals surface area (Å²) in [7, 11) is 0. The molecule has 0 spiro atoms. The molecule has 1 N–H and O–H groups in total. The molecule has 0 bridgehead atoms. The highest BCUT2D eigenvalue weighted by Gasteiger charge is 2.20. The van der Waals surface area contributed by atoms with E-state index in [0.717, 1.165) is 55.9 Å². The van der Waals surface area contributed by atoms with Crippen LogP contribution in [0.15, 0.2) is 69.9 Å². The van der Waals surface area contributed by atoms with E-state index in [4.69, 9.17) is 4.42 Å². The average molecular weight is 391 g/mol. The quantitative estimate of drug-likeness (QED) is 0.655. The first-order valence-electron chi connectivity index (χ1n) is 10.00. The molecule has 6 nitrogen and oxygen atoms in total. The number of hydrogen-bond acceptors (Lipinski definition) is 5. The third-order valence-corrected chi connectivity index (χ3v) is 5.32. The summed E-state index contributed by atoms with van der Waals surface area (Å²) in [6.45, 7) is 4.81. The number of fused-ring (bicyclic) bond motifs is 1. The van der Waals surface area contributed by atoms with E-state index >= 15 is 0 Å². The van der Waals surface area contributed by atoms with Crippen molar-refractivity contribution >= 4 is 22.6 Å². The molecule has 1 fully saturated rings. The van der Waals surface area contributed by atoms with Gasteiger partial charge < -0.3 is 14.6 Å². The molecule has 1 aromatic heterocycles. The maximum atomic E-state index is 12.5. The standard InChI is InChI=1S/C23H25N3O3/c27-22(16-18-6-2-1-3-7-18)26-14-12-25(13-15-26)11-10-24-20-17-23(28)29-21-9-5-4-8-19(20)21/h1-9,17,24H,10-16H2. The Hall–Kier alpha value is -3.12. The van der Waals surface area contributed by atoms with Crippen molar-refractivity contribution in [1.29, 1.82) is 0 Å². The van der Waals surface area contributed by atoms with Crippen molar-refractivity contribution in [2.45, 2.75) is 6.42 Å². The third-order valence-electron chi connectivity index (χ3n) is 5.32. The summed E-state index contributed by atoms with van der Waals surface area (Å²) >= 11 is 0. The highest BCUT2D eigenvalue weighted by molar-refractivity contribution is 5.89. The number of nitrogens with one attached hydrogen (secondary N) is 1. The molecule has 150 valence electrons.